The quantitative estimate of drug-likeness (QED) is 0.332. The van der Waals surface area contributed by atoms with Crippen LogP contribution in [0.15, 0.2) is 83.3 Å². The molecule has 0 fully saturated rings. The molecule has 4 aromatic rings. The Morgan fingerprint density at radius 1 is 0.848 bits per heavy atom. The molecule has 0 unspecified atom stereocenters. The Labute approximate surface area is 192 Å². The largest absolute Gasteiger partial charge is 0.489 e. The van der Waals surface area contributed by atoms with Crippen molar-refractivity contribution in [2.24, 2.45) is 0 Å². The molecule has 0 bridgehead atoms. The van der Waals surface area contributed by atoms with Gasteiger partial charge in [0.05, 0.1) is 0 Å². The number of carboxylic acids is 1. The molecule has 0 radical (unpaired) electrons. The fourth-order valence-corrected chi connectivity index (χ4v) is 3.27. The standard InChI is InChI=1S/C27H25NO5/c1-19-25(28-27(33-19)22-5-3-2-4-6-22)18-32-24-14-9-21(10-15-24)17-31-23-12-7-20(8-13-23)11-16-26(29)30/h2-10,12-15H,11,16-18H2,1H3,(H,29,30). The molecule has 1 N–H and O–H groups in total. The molecule has 0 amide bonds. The van der Waals surface area contributed by atoms with E-state index in [4.69, 9.17) is 19.0 Å². The maximum Gasteiger partial charge on any atom is 0.303 e. The third kappa shape index (κ3) is 6.23. The molecule has 0 atom stereocenters. The Hall–Kier alpha value is -4.06. The maximum absolute atomic E-state index is 10.7. The predicted molar refractivity (Wildman–Crippen MR) is 124 cm³/mol. The van der Waals surface area contributed by atoms with Crippen molar-refractivity contribution in [3.8, 4) is 23.0 Å². The zero-order valence-corrected chi connectivity index (χ0v) is 18.4. The molecule has 0 aliphatic heterocycles. The highest BCUT2D eigenvalue weighted by Gasteiger charge is 2.12. The second-order valence-electron chi connectivity index (χ2n) is 7.65. The number of hydrogen-bond acceptors (Lipinski definition) is 5. The first-order valence-electron chi connectivity index (χ1n) is 10.7. The van der Waals surface area contributed by atoms with Crippen molar-refractivity contribution in [1.29, 1.82) is 0 Å². The van der Waals surface area contributed by atoms with Crippen LogP contribution in [0.4, 0.5) is 0 Å². The van der Waals surface area contributed by atoms with Gasteiger partial charge in [-0.05, 0) is 60.9 Å². The van der Waals surface area contributed by atoms with Gasteiger partial charge in [0.2, 0.25) is 5.89 Å². The minimum atomic E-state index is -0.796. The van der Waals surface area contributed by atoms with E-state index >= 15 is 0 Å². The molecular formula is C27H25NO5. The minimum Gasteiger partial charge on any atom is -0.489 e. The van der Waals surface area contributed by atoms with E-state index < -0.39 is 5.97 Å². The Bertz CT molecular complexity index is 1180. The summed E-state index contributed by atoms with van der Waals surface area (Å²) in [7, 11) is 0. The molecule has 4 rings (SSSR count). The van der Waals surface area contributed by atoms with Gasteiger partial charge in [0, 0.05) is 12.0 Å². The van der Waals surface area contributed by atoms with Crippen LogP contribution in [0.1, 0.15) is 29.0 Å². The van der Waals surface area contributed by atoms with Crippen LogP contribution in [0.2, 0.25) is 0 Å². The molecular weight excluding hydrogens is 418 g/mol. The molecule has 0 saturated carbocycles. The van der Waals surface area contributed by atoms with Crippen molar-refractivity contribution >= 4 is 5.97 Å². The highest BCUT2D eigenvalue weighted by Crippen LogP contribution is 2.23. The van der Waals surface area contributed by atoms with Crippen LogP contribution >= 0.6 is 0 Å². The Morgan fingerprint density at radius 2 is 1.45 bits per heavy atom. The van der Waals surface area contributed by atoms with Crippen LogP contribution in [-0.4, -0.2) is 16.1 Å². The Balaban J connectivity index is 1.27. The van der Waals surface area contributed by atoms with E-state index in [0.29, 0.717) is 25.5 Å². The molecule has 0 aliphatic rings. The molecule has 33 heavy (non-hydrogen) atoms. The summed E-state index contributed by atoms with van der Waals surface area (Å²) in [6, 6.07) is 25.0. The first-order chi connectivity index (χ1) is 16.1. The topological polar surface area (TPSA) is 81.8 Å². The van der Waals surface area contributed by atoms with Gasteiger partial charge in [-0.3, -0.25) is 4.79 Å². The highest BCUT2D eigenvalue weighted by atomic mass is 16.5. The first-order valence-corrected chi connectivity index (χ1v) is 10.7. The van der Waals surface area contributed by atoms with Gasteiger partial charge in [0.1, 0.15) is 36.2 Å². The summed E-state index contributed by atoms with van der Waals surface area (Å²) in [5.41, 5.74) is 3.70. The van der Waals surface area contributed by atoms with Gasteiger partial charge in [0.15, 0.2) is 0 Å². The molecule has 0 saturated heterocycles. The Morgan fingerprint density at radius 3 is 2.09 bits per heavy atom. The van der Waals surface area contributed by atoms with Crippen molar-refractivity contribution < 1.29 is 23.8 Å². The van der Waals surface area contributed by atoms with Gasteiger partial charge >= 0.3 is 5.97 Å². The van der Waals surface area contributed by atoms with Crippen LogP contribution in [0.25, 0.3) is 11.5 Å². The molecule has 6 nitrogen and oxygen atoms in total. The van der Waals surface area contributed by atoms with Gasteiger partial charge in [-0.25, -0.2) is 4.98 Å². The van der Waals surface area contributed by atoms with Crippen molar-refractivity contribution in [2.45, 2.75) is 33.0 Å². The summed E-state index contributed by atoms with van der Waals surface area (Å²) in [5, 5.41) is 8.77. The van der Waals surface area contributed by atoms with Crippen LogP contribution in [0, 0.1) is 6.92 Å². The molecule has 3 aromatic carbocycles. The molecule has 0 aliphatic carbocycles. The van der Waals surface area contributed by atoms with Crippen LogP contribution < -0.4 is 9.47 Å². The van der Waals surface area contributed by atoms with E-state index in [9.17, 15) is 4.79 Å². The number of hydrogen-bond donors (Lipinski definition) is 1. The number of aliphatic carboxylic acids is 1. The molecule has 1 aromatic heterocycles. The highest BCUT2D eigenvalue weighted by molar-refractivity contribution is 5.67. The van der Waals surface area contributed by atoms with Crippen molar-refractivity contribution in [3.63, 3.8) is 0 Å². The number of benzene rings is 3. The van der Waals surface area contributed by atoms with E-state index in [2.05, 4.69) is 4.98 Å². The maximum atomic E-state index is 10.7. The van der Waals surface area contributed by atoms with Crippen LogP contribution in [-0.2, 0) is 24.4 Å². The lowest BCUT2D eigenvalue weighted by molar-refractivity contribution is -0.136. The van der Waals surface area contributed by atoms with Crippen molar-refractivity contribution in [1.82, 2.24) is 4.98 Å². The van der Waals surface area contributed by atoms with Crippen molar-refractivity contribution in [3.05, 3.63) is 101 Å². The fraction of sp³-hybridized carbons (Fsp3) is 0.185. The number of nitrogens with zero attached hydrogens (tertiary/aromatic N) is 1. The van der Waals surface area contributed by atoms with E-state index in [0.717, 1.165) is 39.6 Å². The van der Waals surface area contributed by atoms with E-state index in [1.807, 2.05) is 85.8 Å². The number of carboxylic acid groups (broad SMARTS) is 1. The summed E-state index contributed by atoms with van der Waals surface area (Å²) in [5.74, 6) is 2.02. The third-order valence-corrected chi connectivity index (χ3v) is 5.17. The first kappa shape index (κ1) is 22.1. The summed E-state index contributed by atoms with van der Waals surface area (Å²) < 4.78 is 17.5. The normalized spacial score (nSPS) is 10.7. The number of ether oxygens (including phenoxy) is 2. The number of carbonyl (C=O) groups is 1. The summed E-state index contributed by atoms with van der Waals surface area (Å²) in [6.45, 7) is 2.64. The monoisotopic (exact) mass is 443 g/mol. The molecule has 0 spiro atoms. The van der Waals surface area contributed by atoms with Gasteiger partial charge in [-0.2, -0.15) is 0 Å². The van der Waals surface area contributed by atoms with E-state index in [1.165, 1.54) is 0 Å². The lowest BCUT2D eigenvalue weighted by Gasteiger charge is -2.09. The Kier molecular flexibility index (Phi) is 7.05. The summed E-state index contributed by atoms with van der Waals surface area (Å²) >= 11 is 0. The lowest BCUT2D eigenvalue weighted by atomic mass is 10.1. The zero-order valence-electron chi connectivity index (χ0n) is 18.4. The summed E-state index contributed by atoms with van der Waals surface area (Å²) in [4.78, 5) is 15.2. The number of aryl methyl sites for hydroxylation is 2. The van der Waals surface area contributed by atoms with E-state index in [1.54, 1.807) is 0 Å². The second kappa shape index (κ2) is 10.5. The predicted octanol–water partition coefficient (Wildman–Crippen LogP) is 5.83. The van der Waals surface area contributed by atoms with Gasteiger partial charge in [-0.15, -0.1) is 0 Å². The number of rotatable bonds is 10. The third-order valence-electron chi connectivity index (χ3n) is 5.17. The summed E-state index contributed by atoms with van der Waals surface area (Å²) in [6.07, 6.45) is 0.636. The number of oxazole rings is 1. The van der Waals surface area contributed by atoms with Crippen LogP contribution in [0.5, 0.6) is 11.5 Å². The van der Waals surface area contributed by atoms with Gasteiger partial charge in [-0.1, -0.05) is 42.5 Å². The lowest BCUT2D eigenvalue weighted by Crippen LogP contribution is -1.99. The zero-order chi connectivity index (χ0) is 23.0. The van der Waals surface area contributed by atoms with Gasteiger partial charge in [0.25, 0.3) is 0 Å². The SMILES string of the molecule is Cc1oc(-c2ccccc2)nc1COc1ccc(COc2ccc(CCC(=O)O)cc2)cc1. The van der Waals surface area contributed by atoms with E-state index in [-0.39, 0.29) is 6.42 Å². The van der Waals surface area contributed by atoms with Crippen molar-refractivity contribution in [2.75, 3.05) is 0 Å². The smallest absolute Gasteiger partial charge is 0.303 e. The number of aromatic nitrogens is 1. The minimum absolute atomic E-state index is 0.124. The fourth-order valence-electron chi connectivity index (χ4n) is 3.27. The molecule has 6 heteroatoms. The van der Waals surface area contributed by atoms with Crippen LogP contribution in [0.3, 0.4) is 0 Å². The molecule has 168 valence electrons. The van der Waals surface area contributed by atoms with Gasteiger partial charge < -0.3 is 19.0 Å². The molecule has 1 heterocycles. The average Bonchev–Trinajstić information content (AvgIpc) is 3.22. The second-order valence-corrected chi connectivity index (χ2v) is 7.65. The average molecular weight is 443 g/mol.